The third-order valence-electron chi connectivity index (χ3n) is 4.55. The average molecular weight is 221 g/mol. The molecule has 1 aromatic rings. The molecule has 0 aromatic carbocycles. The molecule has 1 aromatic heterocycles. The van der Waals surface area contributed by atoms with Crippen molar-refractivity contribution in [1.82, 2.24) is 15.5 Å². The van der Waals surface area contributed by atoms with Gasteiger partial charge in [0.25, 0.3) is 5.91 Å². The summed E-state index contributed by atoms with van der Waals surface area (Å²) in [4.78, 5) is 11.7. The lowest BCUT2D eigenvalue weighted by Crippen LogP contribution is -2.26. The van der Waals surface area contributed by atoms with Crippen molar-refractivity contribution in [2.45, 2.75) is 27.7 Å². The maximum atomic E-state index is 11.7. The van der Waals surface area contributed by atoms with Crippen molar-refractivity contribution in [1.29, 1.82) is 0 Å². The van der Waals surface area contributed by atoms with Crippen LogP contribution in [0.2, 0.25) is 0 Å². The monoisotopic (exact) mass is 221 g/mol. The fourth-order valence-electron chi connectivity index (χ4n) is 2.52. The van der Waals surface area contributed by atoms with E-state index in [0.29, 0.717) is 22.3 Å². The van der Waals surface area contributed by atoms with Gasteiger partial charge in [-0.05, 0) is 16.7 Å². The van der Waals surface area contributed by atoms with E-state index in [9.17, 15) is 4.79 Å². The normalized spacial score (nSPS) is 21.8. The molecule has 1 amide bonds. The first-order valence-electron chi connectivity index (χ1n) is 5.64. The van der Waals surface area contributed by atoms with E-state index in [1.807, 2.05) is 0 Å². The number of rotatable bonds is 3. The lowest BCUT2D eigenvalue weighted by atomic mass is 10.0. The van der Waals surface area contributed by atoms with E-state index in [1.165, 1.54) is 0 Å². The number of aromatic amines is 1. The van der Waals surface area contributed by atoms with Crippen LogP contribution in [0.25, 0.3) is 0 Å². The third-order valence-corrected chi connectivity index (χ3v) is 4.55. The van der Waals surface area contributed by atoms with Crippen molar-refractivity contribution in [3.63, 3.8) is 0 Å². The van der Waals surface area contributed by atoms with Gasteiger partial charge >= 0.3 is 0 Å². The summed E-state index contributed by atoms with van der Waals surface area (Å²) in [6, 6.07) is 0. The lowest BCUT2D eigenvalue weighted by Gasteiger charge is -2.04. The van der Waals surface area contributed by atoms with Crippen LogP contribution in [-0.2, 0) is 0 Å². The first-order valence-corrected chi connectivity index (χ1v) is 5.64. The van der Waals surface area contributed by atoms with Crippen molar-refractivity contribution in [2.75, 3.05) is 6.54 Å². The van der Waals surface area contributed by atoms with Crippen molar-refractivity contribution in [2.24, 2.45) is 16.7 Å². The topological polar surface area (TPSA) is 57.8 Å². The predicted octanol–water partition coefficient (Wildman–Crippen LogP) is 1.82. The van der Waals surface area contributed by atoms with Crippen LogP contribution in [0.3, 0.4) is 0 Å². The Labute approximate surface area is 95.8 Å². The third kappa shape index (κ3) is 1.52. The van der Waals surface area contributed by atoms with Crippen LogP contribution in [0.15, 0.2) is 12.4 Å². The fraction of sp³-hybridized carbons (Fsp3) is 0.667. The van der Waals surface area contributed by atoms with Gasteiger partial charge in [0.05, 0.1) is 11.8 Å². The molecular weight excluding hydrogens is 202 g/mol. The molecule has 88 valence electrons. The van der Waals surface area contributed by atoms with Crippen molar-refractivity contribution >= 4 is 5.91 Å². The van der Waals surface area contributed by atoms with Gasteiger partial charge in [0, 0.05) is 12.7 Å². The van der Waals surface area contributed by atoms with Gasteiger partial charge < -0.3 is 5.32 Å². The number of nitrogens with zero attached hydrogens (tertiary/aromatic N) is 1. The van der Waals surface area contributed by atoms with Crippen LogP contribution in [0.1, 0.15) is 38.1 Å². The van der Waals surface area contributed by atoms with Crippen LogP contribution >= 0.6 is 0 Å². The molecule has 2 N–H and O–H groups in total. The first-order chi connectivity index (χ1) is 7.37. The summed E-state index contributed by atoms with van der Waals surface area (Å²) in [7, 11) is 0. The van der Waals surface area contributed by atoms with Gasteiger partial charge in [-0.3, -0.25) is 9.89 Å². The molecule has 1 aliphatic carbocycles. The van der Waals surface area contributed by atoms with Gasteiger partial charge in [0.2, 0.25) is 0 Å². The second kappa shape index (κ2) is 3.34. The number of hydrogen-bond donors (Lipinski definition) is 2. The Morgan fingerprint density at radius 2 is 2.06 bits per heavy atom. The Bertz CT molecular complexity index is 378. The quantitative estimate of drug-likeness (QED) is 0.818. The van der Waals surface area contributed by atoms with Crippen molar-refractivity contribution < 1.29 is 4.79 Å². The predicted molar refractivity (Wildman–Crippen MR) is 62.0 cm³/mol. The van der Waals surface area contributed by atoms with Gasteiger partial charge in [-0.25, -0.2) is 0 Å². The zero-order valence-corrected chi connectivity index (χ0v) is 10.3. The zero-order valence-electron chi connectivity index (χ0n) is 10.3. The summed E-state index contributed by atoms with van der Waals surface area (Å²) in [5, 5.41) is 9.35. The molecule has 1 heterocycles. The highest BCUT2D eigenvalue weighted by Crippen LogP contribution is 2.67. The molecule has 1 fully saturated rings. The SMILES string of the molecule is CC1(C)C(CNC(=O)c2cn[nH]c2)C1(C)C. The molecule has 4 heteroatoms. The van der Waals surface area contributed by atoms with E-state index in [1.54, 1.807) is 12.4 Å². The molecule has 2 rings (SSSR count). The van der Waals surface area contributed by atoms with E-state index >= 15 is 0 Å². The zero-order chi connectivity index (χ0) is 12.0. The van der Waals surface area contributed by atoms with Crippen LogP contribution in [0, 0.1) is 16.7 Å². The molecule has 1 aliphatic rings. The highest BCUT2D eigenvalue weighted by Gasteiger charge is 2.64. The van der Waals surface area contributed by atoms with E-state index in [0.717, 1.165) is 6.54 Å². The molecule has 0 spiro atoms. The second-order valence-electron chi connectivity index (χ2n) is 5.69. The van der Waals surface area contributed by atoms with E-state index < -0.39 is 0 Å². The Hall–Kier alpha value is -1.32. The number of amides is 1. The van der Waals surface area contributed by atoms with Gasteiger partial charge in [0.1, 0.15) is 0 Å². The van der Waals surface area contributed by atoms with E-state index in [4.69, 9.17) is 0 Å². The second-order valence-corrected chi connectivity index (χ2v) is 5.69. The molecule has 0 unspecified atom stereocenters. The van der Waals surface area contributed by atoms with Gasteiger partial charge in [-0.15, -0.1) is 0 Å². The van der Waals surface area contributed by atoms with Crippen LogP contribution < -0.4 is 5.32 Å². The minimum Gasteiger partial charge on any atom is -0.352 e. The molecular formula is C12H19N3O. The standard InChI is InChI=1S/C12H19N3O/c1-11(2)9(12(11,3)4)7-13-10(16)8-5-14-15-6-8/h5-6,9H,7H2,1-4H3,(H,13,16)(H,14,15). The molecule has 16 heavy (non-hydrogen) atoms. The van der Waals surface area contributed by atoms with Gasteiger partial charge in [0.15, 0.2) is 0 Å². The van der Waals surface area contributed by atoms with Crippen LogP contribution in [0.4, 0.5) is 0 Å². The van der Waals surface area contributed by atoms with E-state index in [-0.39, 0.29) is 5.91 Å². The number of carbonyl (C=O) groups is 1. The molecule has 0 bridgehead atoms. The minimum absolute atomic E-state index is 0.0488. The fourth-order valence-corrected chi connectivity index (χ4v) is 2.52. The number of nitrogens with one attached hydrogen (secondary N) is 2. The lowest BCUT2D eigenvalue weighted by molar-refractivity contribution is 0.0950. The number of hydrogen-bond acceptors (Lipinski definition) is 2. The van der Waals surface area contributed by atoms with E-state index in [2.05, 4.69) is 43.2 Å². The van der Waals surface area contributed by atoms with Crippen molar-refractivity contribution in [3.8, 4) is 0 Å². The molecule has 1 saturated carbocycles. The van der Waals surface area contributed by atoms with Gasteiger partial charge in [-0.1, -0.05) is 27.7 Å². The molecule has 0 atom stereocenters. The molecule has 0 saturated heterocycles. The maximum absolute atomic E-state index is 11.7. The highest BCUT2D eigenvalue weighted by atomic mass is 16.1. The first kappa shape index (κ1) is 11.2. The summed E-state index contributed by atoms with van der Waals surface area (Å²) in [6.07, 6.45) is 3.15. The number of H-pyrrole nitrogens is 1. The average Bonchev–Trinajstić information content (AvgIpc) is 2.66. The summed E-state index contributed by atoms with van der Waals surface area (Å²) >= 11 is 0. The maximum Gasteiger partial charge on any atom is 0.254 e. The number of aromatic nitrogens is 2. The smallest absolute Gasteiger partial charge is 0.254 e. The summed E-state index contributed by atoms with van der Waals surface area (Å²) in [6.45, 7) is 9.75. The van der Waals surface area contributed by atoms with Crippen molar-refractivity contribution in [3.05, 3.63) is 18.0 Å². The van der Waals surface area contributed by atoms with Crippen LogP contribution in [-0.4, -0.2) is 22.6 Å². The van der Waals surface area contributed by atoms with Gasteiger partial charge in [-0.2, -0.15) is 5.10 Å². The minimum atomic E-state index is -0.0488. The Morgan fingerprint density at radius 1 is 1.44 bits per heavy atom. The molecule has 0 radical (unpaired) electrons. The molecule has 4 nitrogen and oxygen atoms in total. The van der Waals surface area contributed by atoms with Crippen LogP contribution in [0.5, 0.6) is 0 Å². The summed E-state index contributed by atoms with van der Waals surface area (Å²) in [5.41, 5.74) is 1.23. The summed E-state index contributed by atoms with van der Waals surface area (Å²) < 4.78 is 0. The summed E-state index contributed by atoms with van der Waals surface area (Å²) in [5.74, 6) is 0.503. The Balaban J connectivity index is 1.89. The molecule has 0 aliphatic heterocycles. The Kier molecular flexibility index (Phi) is 2.33. The highest BCUT2D eigenvalue weighted by molar-refractivity contribution is 5.93. The largest absolute Gasteiger partial charge is 0.352 e. The number of carbonyl (C=O) groups excluding carboxylic acids is 1. The Morgan fingerprint density at radius 3 is 2.50 bits per heavy atom.